The first-order valence-corrected chi connectivity index (χ1v) is 9.86. The summed E-state index contributed by atoms with van der Waals surface area (Å²) in [6.45, 7) is 1.39. The summed E-state index contributed by atoms with van der Waals surface area (Å²) in [6, 6.07) is 1.98. The van der Waals surface area contributed by atoms with Gasteiger partial charge in [-0.25, -0.2) is 8.78 Å². The average molecular weight is 481 g/mol. The van der Waals surface area contributed by atoms with Gasteiger partial charge in [0.15, 0.2) is 0 Å². The van der Waals surface area contributed by atoms with E-state index in [1.807, 2.05) is 6.92 Å². The van der Waals surface area contributed by atoms with Crippen LogP contribution in [0.5, 0.6) is 0 Å². The van der Waals surface area contributed by atoms with Crippen molar-refractivity contribution >= 4 is 11.8 Å². The second-order valence-corrected chi connectivity index (χ2v) is 7.24. The number of rotatable bonds is 7. The van der Waals surface area contributed by atoms with Gasteiger partial charge < -0.3 is 0 Å². The highest BCUT2D eigenvalue weighted by atomic mass is 19.4. The highest BCUT2D eigenvalue weighted by Crippen LogP contribution is 2.34. The van der Waals surface area contributed by atoms with Crippen LogP contribution in [0.4, 0.5) is 35.1 Å². The minimum Gasteiger partial charge on any atom is -0.274 e. The standard InChI is InChI=1S/C22H19F8NO2/c1-2-3-4-5-8-31(19(32)13-9-14(21(25,26)27)11-16(24)10-13)20(33)17-12-15(23)6-7-18(17)22(28,29)30/h6-7,9-12H,2-5,8H2,1H3. The lowest BCUT2D eigenvalue weighted by atomic mass is 10.0. The Morgan fingerprint density at radius 3 is 2.03 bits per heavy atom. The normalized spacial score (nSPS) is 12.0. The SMILES string of the molecule is CCCCCCN(C(=O)c1cc(F)cc(C(F)(F)F)c1)C(=O)c1cc(F)ccc1C(F)(F)F. The van der Waals surface area contributed by atoms with Crippen molar-refractivity contribution in [3.05, 3.63) is 70.3 Å². The van der Waals surface area contributed by atoms with Gasteiger partial charge in [-0.15, -0.1) is 0 Å². The molecule has 2 rings (SSSR count). The Labute approximate surface area is 184 Å². The summed E-state index contributed by atoms with van der Waals surface area (Å²) in [5, 5.41) is 0. The van der Waals surface area contributed by atoms with E-state index in [4.69, 9.17) is 0 Å². The molecule has 0 bridgehead atoms. The third kappa shape index (κ3) is 6.75. The Bertz CT molecular complexity index is 1010. The summed E-state index contributed by atoms with van der Waals surface area (Å²) < 4.78 is 107. The Morgan fingerprint density at radius 2 is 1.45 bits per heavy atom. The van der Waals surface area contributed by atoms with Crippen molar-refractivity contribution in [2.75, 3.05) is 6.54 Å². The molecule has 0 saturated carbocycles. The molecule has 180 valence electrons. The average Bonchev–Trinajstić information content (AvgIpc) is 2.71. The molecule has 0 spiro atoms. The molecule has 0 aromatic heterocycles. The topological polar surface area (TPSA) is 37.4 Å². The predicted molar refractivity (Wildman–Crippen MR) is 102 cm³/mol. The number of halogens is 8. The van der Waals surface area contributed by atoms with E-state index in [1.165, 1.54) is 0 Å². The van der Waals surface area contributed by atoms with Crippen LogP contribution in [-0.2, 0) is 12.4 Å². The van der Waals surface area contributed by atoms with Crippen LogP contribution in [0.2, 0.25) is 0 Å². The van der Waals surface area contributed by atoms with E-state index in [0.717, 1.165) is 6.42 Å². The lowest BCUT2D eigenvalue weighted by Gasteiger charge is -2.23. The molecule has 0 radical (unpaired) electrons. The minimum atomic E-state index is -5.07. The van der Waals surface area contributed by atoms with Gasteiger partial charge in [0.1, 0.15) is 11.6 Å². The smallest absolute Gasteiger partial charge is 0.274 e. The van der Waals surface area contributed by atoms with Crippen molar-refractivity contribution in [2.45, 2.75) is 45.0 Å². The van der Waals surface area contributed by atoms with Gasteiger partial charge >= 0.3 is 12.4 Å². The number of alkyl halides is 6. The van der Waals surface area contributed by atoms with Crippen LogP contribution in [0.1, 0.15) is 64.4 Å². The van der Waals surface area contributed by atoms with Crippen LogP contribution >= 0.6 is 0 Å². The molecule has 0 heterocycles. The number of hydrogen-bond acceptors (Lipinski definition) is 2. The number of hydrogen-bond donors (Lipinski definition) is 0. The molecule has 0 N–H and O–H groups in total. The Balaban J connectivity index is 2.54. The number of benzene rings is 2. The first-order chi connectivity index (χ1) is 15.3. The molecule has 0 fully saturated rings. The summed E-state index contributed by atoms with van der Waals surface area (Å²) in [7, 11) is 0. The molecule has 2 aromatic carbocycles. The van der Waals surface area contributed by atoms with Gasteiger partial charge in [0.2, 0.25) is 0 Å². The van der Waals surface area contributed by atoms with Crippen molar-refractivity contribution in [3.8, 4) is 0 Å². The van der Waals surface area contributed by atoms with E-state index in [2.05, 4.69) is 0 Å². The number of amides is 2. The molecule has 0 atom stereocenters. The van der Waals surface area contributed by atoms with Gasteiger partial charge in [-0.2, -0.15) is 26.3 Å². The third-order valence-electron chi connectivity index (χ3n) is 4.72. The monoisotopic (exact) mass is 481 g/mol. The fourth-order valence-electron chi connectivity index (χ4n) is 3.11. The van der Waals surface area contributed by atoms with Crippen LogP contribution in [0, 0.1) is 11.6 Å². The molecular weight excluding hydrogens is 462 g/mol. The molecule has 0 saturated heterocycles. The van der Waals surface area contributed by atoms with Crippen LogP contribution in [0.15, 0.2) is 36.4 Å². The fraction of sp³-hybridized carbons (Fsp3) is 0.364. The Hall–Kier alpha value is -2.98. The molecule has 11 heteroatoms. The van der Waals surface area contributed by atoms with Crippen molar-refractivity contribution in [2.24, 2.45) is 0 Å². The van der Waals surface area contributed by atoms with Gasteiger partial charge in [0.05, 0.1) is 16.7 Å². The van der Waals surface area contributed by atoms with Crippen LogP contribution < -0.4 is 0 Å². The predicted octanol–water partition coefficient (Wildman–Crippen LogP) is 6.87. The second kappa shape index (κ2) is 10.3. The number of unbranched alkanes of at least 4 members (excludes halogenated alkanes) is 3. The molecule has 2 aromatic rings. The van der Waals surface area contributed by atoms with Crippen molar-refractivity contribution in [3.63, 3.8) is 0 Å². The van der Waals surface area contributed by atoms with Crippen LogP contribution in [0.25, 0.3) is 0 Å². The van der Waals surface area contributed by atoms with E-state index in [-0.39, 0.29) is 17.4 Å². The van der Waals surface area contributed by atoms with Gasteiger partial charge in [0, 0.05) is 12.1 Å². The van der Waals surface area contributed by atoms with Gasteiger partial charge in [0.25, 0.3) is 11.8 Å². The van der Waals surface area contributed by atoms with Gasteiger partial charge in [-0.1, -0.05) is 26.2 Å². The number of carbonyl (C=O) groups excluding carboxylic acids is 2. The quantitative estimate of drug-likeness (QED) is 0.246. The Kier molecular flexibility index (Phi) is 8.20. The summed E-state index contributed by atoms with van der Waals surface area (Å²) in [5.74, 6) is -5.59. The van der Waals surface area contributed by atoms with E-state index in [1.54, 1.807) is 0 Å². The zero-order valence-electron chi connectivity index (χ0n) is 17.3. The maximum Gasteiger partial charge on any atom is 0.417 e. The van der Waals surface area contributed by atoms with Gasteiger partial charge in [-0.05, 0) is 42.8 Å². The number of carbonyl (C=O) groups is 2. The first-order valence-electron chi connectivity index (χ1n) is 9.86. The lowest BCUT2D eigenvalue weighted by molar-refractivity contribution is -0.138. The van der Waals surface area contributed by atoms with Crippen LogP contribution in [-0.4, -0.2) is 23.3 Å². The van der Waals surface area contributed by atoms with Crippen molar-refractivity contribution < 1.29 is 44.7 Å². The third-order valence-corrected chi connectivity index (χ3v) is 4.72. The maximum absolute atomic E-state index is 13.8. The minimum absolute atomic E-state index is 0.128. The van der Waals surface area contributed by atoms with E-state index in [0.29, 0.717) is 43.2 Å². The maximum atomic E-state index is 13.8. The second-order valence-electron chi connectivity index (χ2n) is 7.24. The summed E-state index contributed by atoms with van der Waals surface area (Å²) in [5.41, 5.74) is -5.09. The Morgan fingerprint density at radius 1 is 0.788 bits per heavy atom. The molecule has 33 heavy (non-hydrogen) atoms. The van der Waals surface area contributed by atoms with E-state index in [9.17, 15) is 44.7 Å². The number of nitrogens with zero attached hydrogens (tertiary/aromatic N) is 1. The summed E-state index contributed by atoms with van der Waals surface area (Å²) in [4.78, 5) is 26.1. The zero-order chi connectivity index (χ0) is 25.0. The first kappa shape index (κ1) is 26.3. The molecule has 2 amide bonds. The summed E-state index contributed by atoms with van der Waals surface area (Å²) >= 11 is 0. The molecule has 0 unspecified atom stereocenters. The lowest BCUT2D eigenvalue weighted by Crippen LogP contribution is -2.39. The highest BCUT2D eigenvalue weighted by Gasteiger charge is 2.38. The van der Waals surface area contributed by atoms with E-state index >= 15 is 0 Å². The molecule has 0 aliphatic rings. The largest absolute Gasteiger partial charge is 0.417 e. The zero-order valence-corrected chi connectivity index (χ0v) is 17.3. The van der Waals surface area contributed by atoms with E-state index < -0.39 is 64.6 Å². The van der Waals surface area contributed by atoms with Crippen molar-refractivity contribution in [1.82, 2.24) is 4.90 Å². The fourth-order valence-corrected chi connectivity index (χ4v) is 3.11. The molecule has 3 nitrogen and oxygen atoms in total. The molecule has 0 aliphatic heterocycles. The number of imide groups is 1. The van der Waals surface area contributed by atoms with Crippen LogP contribution in [0.3, 0.4) is 0 Å². The van der Waals surface area contributed by atoms with Gasteiger partial charge in [-0.3, -0.25) is 14.5 Å². The molecular formula is C22H19F8NO2. The highest BCUT2D eigenvalue weighted by molar-refractivity contribution is 6.11. The van der Waals surface area contributed by atoms with Crippen molar-refractivity contribution in [1.29, 1.82) is 0 Å². The molecule has 0 aliphatic carbocycles. The summed E-state index contributed by atoms with van der Waals surface area (Å²) in [6.07, 6.45) is -8.11.